The number of hydrogen-bond donors (Lipinski definition) is 2. The van der Waals surface area contributed by atoms with E-state index in [0.29, 0.717) is 18.2 Å². The second-order valence-corrected chi connectivity index (χ2v) is 5.38. The van der Waals surface area contributed by atoms with E-state index < -0.39 is 13.0 Å². The zero-order chi connectivity index (χ0) is 16.4. The van der Waals surface area contributed by atoms with E-state index >= 15 is 0 Å². The number of ether oxygens (including phenoxy) is 1. The van der Waals surface area contributed by atoms with Crippen LogP contribution in [0.3, 0.4) is 0 Å². The molecule has 124 valence electrons. The first-order valence-electron chi connectivity index (χ1n) is 7.45. The van der Waals surface area contributed by atoms with E-state index in [1.807, 2.05) is 6.07 Å². The van der Waals surface area contributed by atoms with Crippen molar-refractivity contribution in [2.75, 3.05) is 20.2 Å². The summed E-state index contributed by atoms with van der Waals surface area (Å²) in [5, 5.41) is 6.42. The van der Waals surface area contributed by atoms with E-state index in [0.717, 1.165) is 24.5 Å². The average molecular weight is 313 g/mol. The number of halogens is 2. The highest BCUT2D eigenvalue weighted by atomic mass is 19.3. The lowest BCUT2D eigenvalue weighted by atomic mass is 10.1. The van der Waals surface area contributed by atoms with E-state index in [-0.39, 0.29) is 0 Å². The van der Waals surface area contributed by atoms with Crippen LogP contribution in [0.15, 0.2) is 29.3 Å². The molecule has 6 heteroatoms. The van der Waals surface area contributed by atoms with Crippen LogP contribution in [0.5, 0.6) is 5.75 Å². The minimum atomic E-state index is -2.47. The fourth-order valence-electron chi connectivity index (χ4n) is 1.79. The highest BCUT2D eigenvalue weighted by Gasteiger charge is 2.04. The number of rotatable bonds is 8. The Labute approximate surface area is 131 Å². The molecule has 0 saturated heterocycles. The molecule has 0 heterocycles. The molecule has 1 aromatic carbocycles. The highest BCUT2D eigenvalue weighted by molar-refractivity contribution is 5.79. The van der Waals surface area contributed by atoms with Crippen LogP contribution in [-0.2, 0) is 6.54 Å². The summed E-state index contributed by atoms with van der Waals surface area (Å²) in [6.45, 7) is 5.16. The Hall–Kier alpha value is -1.85. The number of nitrogens with zero attached hydrogens (tertiary/aromatic N) is 1. The second kappa shape index (κ2) is 9.97. The molecule has 0 aliphatic carbocycles. The molecule has 1 aromatic rings. The average Bonchev–Trinajstić information content (AvgIpc) is 2.48. The molecule has 0 aliphatic rings. The smallest absolute Gasteiger partial charge is 0.272 e. The van der Waals surface area contributed by atoms with Gasteiger partial charge in [-0.15, -0.1) is 0 Å². The molecule has 0 saturated carbocycles. The first-order chi connectivity index (χ1) is 10.5. The Kier molecular flexibility index (Phi) is 8.25. The Morgan fingerprint density at radius 3 is 2.68 bits per heavy atom. The normalized spacial score (nSPS) is 11.9. The van der Waals surface area contributed by atoms with Crippen molar-refractivity contribution in [1.82, 2.24) is 10.6 Å². The quantitative estimate of drug-likeness (QED) is 0.573. The molecule has 0 atom stereocenters. The summed E-state index contributed by atoms with van der Waals surface area (Å²) >= 11 is 0. The van der Waals surface area contributed by atoms with Crippen LogP contribution in [0.1, 0.15) is 25.8 Å². The molecule has 22 heavy (non-hydrogen) atoms. The topological polar surface area (TPSA) is 45.7 Å². The van der Waals surface area contributed by atoms with Gasteiger partial charge in [-0.05, 0) is 30.0 Å². The van der Waals surface area contributed by atoms with Crippen molar-refractivity contribution in [3.8, 4) is 5.75 Å². The van der Waals surface area contributed by atoms with Gasteiger partial charge in [0.05, 0.1) is 0 Å². The summed E-state index contributed by atoms with van der Waals surface area (Å²) < 4.78 is 29.3. The van der Waals surface area contributed by atoms with Crippen LogP contribution in [-0.4, -0.2) is 32.6 Å². The maximum atomic E-state index is 12.1. The van der Waals surface area contributed by atoms with E-state index in [2.05, 4.69) is 29.5 Å². The number of benzene rings is 1. The molecule has 0 amide bonds. The van der Waals surface area contributed by atoms with Crippen molar-refractivity contribution in [2.45, 2.75) is 33.2 Å². The van der Waals surface area contributed by atoms with E-state index in [4.69, 9.17) is 4.74 Å². The lowest BCUT2D eigenvalue weighted by molar-refractivity contribution is 0.0818. The molecule has 0 bridgehead atoms. The van der Waals surface area contributed by atoms with Crippen LogP contribution >= 0.6 is 0 Å². The first kappa shape index (κ1) is 18.2. The van der Waals surface area contributed by atoms with Crippen molar-refractivity contribution in [1.29, 1.82) is 0 Å². The minimum absolute atomic E-state index is 0.447. The lowest BCUT2D eigenvalue weighted by Gasteiger charge is -2.13. The number of aliphatic imine (C=N–C) groups is 1. The molecule has 0 fully saturated rings. The molecular weight excluding hydrogens is 288 g/mol. The predicted molar refractivity (Wildman–Crippen MR) is 85.6 cm³/mol. The lowest BCUT2D eigenvalue weighted by Crippen LogP contribution is -2.37. The van der Waals surface area contributed by atoms with Gasteiger partial charge in [-0.1, -0.05) is 26.0 Å². The van der Waals surface area contributed by atoms with Crippen LogP contribution in [0.25, 0.3) is 0 Å². The first-order valence-corrected chi connectivity index (χ1v) is 7.45. The van der Waals surface area contributed by atoms with E-state index in [1.54, 1.807) is 25.2 Å². The fourth-order valence-corrected chi connectivity index (χ4v) is 1.79. The van der Waals surface area contributed by atoms with Gasteiger partial charge in [-0.2, -0.15) is 0 Å². The minimum Gasteiger partial charge on any atom is -0.488 e. The third kappa shape index (κ3) is 7.81. The second-order valence-electron chi connectivity index (χ2n) is 5.38. The SMILES string of the molecule is CN=C(NCCC(C)C)NCc1cccc(OCC(F)F)c1. The molecule has 0 spiro atoms. The molecular formula is C16H25F2N3O. The van der Waals surface area contributed by atoms with Crippen LogP contribution < -0.4 is 15.4 Å². The number of nitrogens with one attached hydrogen (secondary N) is 2. The van der Waals surface area contributed by atoms with Gasteiger partial charge in [0.1, 0.15) is 12.4 Å². The van der Waals surface area contributed by atoms with E-state index in [9.17, 15) is 8.78 Å². The molecule has 1 rings (SSSR count). The van der Waals surface area contributed by atoms with Gasteiger partial charge in [0.15, 0.2) is 5.96 Å². The predicted octanol–water partition coefficient (Wildman–Crippen LogP) is 3.04. The summed E-state index contributed by atoms with van der Waals surface area (Å²) in [7, 11) is 1.72. The molecule has 2 N–H and O–H groups in total. The summed E-state index contributed by atoms with van der Waals surface area (Å²) in [6.07, 6.45) is -1.40. The number of alkyl halides is 2. The fraction of sp³-hybridized carbons (Fsp3) is 0.562. The monoisotopic (exact) mass is 313 g/mol. The van der Waals surface area contributed by atoms with Gasteiger partial charge in [0.25, 0.3) is 6.43 Å². The zero-order valence-electron chi connectivity index (χ0n) is 13.4. The molecule has 0 aliphatic heterocycles. The van der Waals surface area contributed by atoms with Crippen molar-refractivity contribution in [3.05, 3.63) is 29.8 Å². The Bertz CT molecular complexity index is 464. The van der Waals surface area contributed by atoms with Gasteiger partial charge >= 0.3 is 0 Å². The van der Waals surface area contributed by atoms with Gasteiger partial charge in [-0.3, -0.25) is 4.99 Å². The molecule has 0 radical (unpaired) electrons. The third-order valence-corrected chi connectivity index (χ3v) is 2.97. The molecule has 4 nitrogen and oxygen atoms in total. The third-order valence-electron chi connectivity index (χ3n) is 2.97. The van der Waals surface area contributed by atoms with E-state index in [1.165, 1.54) is 0 Å². The molecule has 0 aromatic heterocycles. The van der Waals surface area contributed by atoms with Gasteiger partial charge in [0.2, 0.25) is 0 Å². The van der Waals surface area contributed by atoms with Crippen LogP contribution in [0, 0.1) is 5.92 Å². The van der Waals surface area contributed by atoms with Crippen molar-refractivity contribution < 1.29 is 13.5 Å². The Balaban J connectivity index is 2.43. The van der Waals surface area contributed by atoms with Gasteiger partial charge in [0, 0.05) is 20.1 Å². The standard InChI is InChI=1S/C16H25F2N3O/c1-12(2)7-8-20-16(19-3)21-10-13-5-4-6-14(9-13)22-11-15(17)18/h4-6,9,12,15H,7-8,10-11H2,1-3H3,(H2,19,20,21). The van der Waals surface area contributed by atoms with Crippen LogP contribution in [0.4, 0.5) is 8.78 Å². The highest BCUT2D eigenvalue weighted by Crippen LogP contribution is 2.14. The summed E-state index contributed by atoms with van der Waals surface area (Å²) in [4.78, 5) is 4.15. The van der Waals surface area contributed by atoms with Gasteiger partial charge in [-0.25, -0.2) is 8.78 Å². The largest absolute Gasteiger partial charge is 0.488 e. The molecule has 0 unspecified atom stereocenters. The summed E-state index contributed by atoms with van der Waals surface area (Å²) in [5.41, 5.74) is 0.943. The van der Waals surface area contributed by atoms with Crippen LogP contribution in [0.2, 0.25) is 0 Å². The Morgan fingerprint density at radius 2 is 2.05 bits per heavy atom. The Morgan fingerprint density at radius 1 is 1.27 bits per heavy atom. The van der Waals surface area contributed by atoms with Crippen molar-refractivity contribution in [2.24, 2.45) is 10.9 Å². The summed E-state index contributed by atoms with van der Waals surface area (Å²) in [6, 6.07) is 7.11. The van der Waals surface area contributed by atoms with Gasteiger partial charge < -0.3 is 15.4 Å². The number of hydrogen-bond acceptors (Lipinski definition) is 2. The maximum absolute atomic E-state index is 12.1. The van der Waals surface area contributed by atoms with Crippen molar-refractivity contribution >= 4 is 5.96 Å². The maximum Gasteiger partial charge on any atom is 0.272 e. The zero-order valence-corrected chi connectivity index (χ0v) is 13.4. The van der Waals surface area contributed by atoms with Crippen molar-refractivity contribution in [3.63, 3.8) is 0 Å². The number of guanidine groups is 1. The summed E-state index contributed by atoms with van der Waals surface area (Å²) in [5.74, 6) is 1.80.